The van der Waals surface area contributed by atoms with Crippen molar-refractivity contribution >= 4 is 29.5 Å². The van der Waals surface area contributed by atoms with Crippen LogP contribution in [0.4, 0.5) is 13.2 Å². The van der Waals surface area contributed by atoms with Gasteiger partial charge in [0.15, 0.2) is 0 Å². The Labute approximate surface area is 144 Å². The molecule has 1 aromatic heterocycles. The number of rotatable bonds is 2. The maximum Gasteiger partial charge on any atom is 0.433 e. The third-order valence-electron chi connectivity index (χ3n) is 3.42. The van der Waals surface area contributed by atoms with Crippen LogP contribution in [0.15, 0.2) is 35.5 Å². The average Bonchev–Trinajstić information content (AvgIpc) is 2.94. The first-order valence-corrected chi connectivity index (χ1v) is 7.35. The standard InChI is InChI=1S/C14H10Cl2F3N5/c15-9-3-8(14(20)22-6-23-24-14)4-10(16)12(9)7-1-2-11(21-5-7)13(17,18)19/h1-6,24H,20H2,(H,22,23). The molecule has 0 saturated heterocycles. The molecule has 24 heavy (non-hydrogen) atoms. The lowest BCUT2D eigenvalue weighted by Crippen LogP contribution is -2.49. The molecule has 0 spiro atoms. The number of hydrazine groups is 1. The van der Waals surface area contributed by atoms with Gasteiger partial charge in [0.1, 0.15) is 12.0 Å². The van der Waals surface area contributed by atoms with Gasteiger partial charge in [-0.2, -0.15) is 18.6 Å². The van der Waals surface area contributed by atoms with Crippen molar-refractivity contribution in [2.45, 2.75) is 12.0 Å². The molecule has 1 unspecified atom stereocenters. The highest BCUT2D eigenvalue weighted by atomic mass is 35.5. The maximum absolute atomic E-state index is 12.6. The smallest absolute Gasteiger partial charge is 0.309 e. The first-order valence-electron chi connectivity index (χ1n) is 6.59. The lowest BCUT2D eigenvalue weighted by Gasteiger charge is -2.22. The predicted molar refractivity (Wildman–Crippen MR) is 85.3 cm³/mol. The molecule has 0 radical (unpaired) electrons. The number of pyridine rings is 1. The average molecular weight is 376 g/mol. The van der Waals surface area contributed by atoms with Crippen LogP contribution in [0.5, 0.6) is 0 Å². The highest BCUT2D eigenvalue weighted by Crippen LogP contribution is 2.38. The summed E-state index contributed by atoms with van der Waals surface area (Å²) in [5.74, 6) is -1.23. The zero-order chi connectivity index (χ0) is 17.5. The Morgan fingerprint density at radius 3 is 2.25 bits per heavy atom. The number of aliphatic imine (C=N–C) groups is 1. The van der Waals surface area contributed by atoms with Crippen molar-refractivity contribution in [1.82, 2.24) is 15.8 Å². The Kier molecular flexibility index (Phi) is 4.16. The number of alkyl halides is 3. The lowest BCUT2D eigenvalue weighted by atomic mass is 10.0. The highest BCUT2D eigenvalue weighted by Gasteiger charge is 2.33. The molecule has 0 amide bonds. The fourth-order valence-corrected chi connectivity index (χ4v) is 2.94. The van der Waals surface area contributed by atoms with Crippen LogP contribution in [0.25, 0.3) is 11.1 Å². The topological polar surface area (TPSA) is 75.3 Å². The van der Waals surface area contributed by atoms with Crippen LogP contribution >= 0.6 is 23.2 Å². The summed E-state index contributed by atoms with van der Waals surface area (Å²) in [6.07, 6.45) is -2.06. The number of nitrogens with zero attached hydrogens (tertiary/aromatic N) is 2. The van der Waals surface area contributed by atoms with Gasteiger partial charge in [0.05, 0.1) is 10.0 Å². The van der Waals surface area contributed by atoms with Gasteiger partial charge in [0.2, 0.25) is 5.79 Å². The largest absolute Gasteiger partial charge is 0.433 e. The third kappa shape index (κ3) is 3.05. The van der Waals surface area contributed by atoms with Crippen LogP contribution in [0.1, 0.15) is 11.3 Å². The molecular formula is C14H10Cl2F3N5. The summed E-state index contributed by atoms with van der Waals surface area (Å²) in [4.78, 5) is 7.45. The van der Waals surface area contributed by atoms with Gasteiger partial charge >= 0.3 is 6.18 Å². The summed E-state index contributed by atoms with van der Waals surface area (Å²) >= 11 is 12.5. The van der Waals surface area contributed by atoms with Gasteiger partial charge in [-0.3, -0.25) is 10.7 Å². The van der Waals surface area contributed by atoms with E-state index in [2.05, 4.69) is 20.8 Å². The molecule has 126 valence electrons. The molecule has 1 aromatic carbocycles. The van der Waals surface area contributed by atoms with E-state index in [-0.39, 0.29) is 10.0 Å². The molecule has 4 N–H and O–H groups in total. The van der Waals surface area contributed by atoms with Gasteiger partial charge in [-0.1, -0.05) is 29.3 Å². The van der Waals surface area contributed by atoms with Crippen LogP contribution in [0.3, 0.4) is 0 Å². The maximum atomic E-state index is 12.6. The van der Waals surface area contributed by atoms with E-state index in [1.807, 2.05) is 0 Å². The van der Waals surface area contributed by atoms with Gasteiger partial charge in [-0.15, -0.1) is 0 Å². The summed E-state index contributed by atoms with van der Waals surface area (Å²) in [5.41, 5.74) is 11.6. The summed E-state index contributed by atoms with van der Waals surface area (Å²) in [6.45, 7) is 0. The Hall–Kier alpha value is -1.87. The summed E-state index contributed by atoms with van der Waals surface area (Å²) in [5, 5.41) is 0.431. The second-order valence-corrected chi connectivity index (χ2v) is 5.85. The minimum absolute atomic E-state index is 0.216. The van der Waals surface area contributed by atoms with Gasteiger partial charge in [-0.25, -0.2) is 4.99 Å². The molecule has 0 aliphatic carbocycles. The van der Waals surface area contributed by atoms with Gasteiger partial charge < -0.3 is 5.43 Å². The first-order chi connectivity index (χ1) is 11.2. The fraction of sp³-hybridized carbons (Fsp3) is 0.143. The number of benzene rings is 1. The molecule has 3 rings (SSSR count). The summed E-state index contributed by atoms with van der Waals surface area (Å²) in [7, 11) is 0. The van der Waals surface area contributed by atoms with E-state index in [9.17, 15) is 13.2 Å². The second kappa shape index (κ2) is 5.89. The molecule has 1 atom stereocenters. The van der Waals surface area contributed by atoms with E-state index >= 15 is 0 Å². The molecule has 5 nitrogen and oxygen atoms in total. The van der Waals surface area contributed by atoms with Crippen LogP contribution in [-0.2, 0) is 12.0 Å². The Morgan fingerprint density at radius 1 is 1.12 bits per heavy atom. The van der Waals surface area contributed by atoms with E-state index in [0.717, 1.165) is 12.3 Å². The van der Waals surface area contributed by atoms with Crippen molar-refractivity contribution in [3.63, 3.8) is 0 Å². The first kappa shape index (κ1) is 17.0. The zero-order valence-electron chi connectivity index (χ0n) is 11.8. The number of nitrogens with one attached hydrogen (secondary N) is 2. The van der Waals surface area contributed by atoms with Gasteiger partial charge in [-0.05, 0) is 18.2 Å². The van der Waals surface area contributed by atoms with Crippen LogP contribution < -0.4 is 16.6 Å². The lowest BCUT2D eigenvalue weighted by molar-refractivity contribution is -0.141. The Bertz CT molecular complexity index is 784. The quantitative estimate of drug-likeness (QED) is 0.752. The minimum atomic E-state index is -4.51. The molecule has 0 bridgehead atoms. The van der Waals surface area contributed by atoms with E-state index < -0.39 is 17.7 Å². The molecule has 2 heterocycles. The SMILES string of the molecule is NC1(c2cc(Cl)c(-c3ccc(C(F)(F)F)nc3)c(Cl)c2)N=CNN1. The molecular weight excluding hydrogens is 366 g/mol. The highest BCUT2D eigenvalue weighted by molar-refractivity contribution is 6.39. The monoisotopic (exact) mass is 375 g/mol. The minimum Gasteiger partial charge on any atom is -0.309 e. The third-order valence-corrected chi connectivity index (χ3v) is 4.02. The number of aromatic nitrogens is 1. The van der Waals surface area contributed by atoms with E-state index in [4.69, 9.17) is 28.9 Å². The normalized spacial score (nSPS) is 20.2. The molecule has 10 heteroatoms. The molecule has 2 aromatic rings. The predicted octanol–water partition coefficient (Wildman–Crippen LogP) is 3.28. The summed E-state index contributed by atoms with van der Waals surface area (Å²) in [6, 6.07) is 5.21. The Morgan fingerprint density at radius 2 is 1.79 bits per heavy atom. The molecule has 1 aliphatic rings. The van der Waals surface area contributed by atoms with E-state index in [0.29, 0.717) is 16.7 Å². The second-order valence-electron chi connectivity index (χ2n) is 5.04. The van der Waals surface area contributed by atoms with Crippen LogP contribution in [-0.4, -0.2) is 11.3 Å². The number of hydrogen-bond acceptors (Lipinski definition) is 5. The van der Waals surface area contributed by atoms with Crippen LogP contribution in [0, 0.1) is 0 Å². The number of nitrogens with two attached hydrogens (primary N) is 1. The van der Waals surface area contributed by atoms with Gasteiger partial charge in [0, 0.05) is 22.9 Å². The molecule has 0 saturated carbocycles. The number of hydrogen-bond donors (Lipinski definition) is 3. The van der Waals surface area contributed by atoms with Gasteiger partial charge in [0.25, 0.3) is 0 Å². The van der Waals surface area contributed by atoms with Crippen molar-refractivity contribution in [2.24, 2.45) is 10.7 Å². The van der Waals surface area contributed by atoms with Crippen molar-refractivity contribution < 1.29 is 13.2 Å². The number of halogens is 5. The van der Waals surface area contributed by atoms with Crippen molar-refractivity contribution in [2.75, 3.05) is 0 Å². The van der Waals surface area contributed by atoms with Crippen molar-refractivity contribution in [3.05, 3.63) is 51.8 Å². The zero-order valence-corrected chi connectivity index (χ0v) is 13.3. The fourth-order valence-electron chi connectivity index (χ4n) is 2.23. The van der Waals surface area contributed by atoms with Crippen molar-refractivity contribution in [1.29, 1.82) is 0 Å². The van der Waals surface area contributed by atoms with Crippen molar-refractivity contribution in [3.8, 4) is 11.1 Å². The van der Waals surface area contributed by atoms with E-state index in [1.54, 1.807) is 0 Å². The molecule has 0 fully saturated rings. The summed E-state index contributed by atoms with van der Waals surface area (Å²) < 4.78 is 37.8. The Balaban J connectivity index is 2.02. The van der Waals surface area contributed by atoms with Crippen LogP contribution in [0.2, 0.25) is 10.0 Å². The van der Waals surface area contributed by atoms with E-state index in [1.165, 1.54) is 24.5 Å². The molecule has 1 aliphatic heterocycles.